The fourth-order valence-electron chi connectivity index (χ4n) is 3.10. The average Bonchev–Trinajstić information content (AvgIpc) is 2.84. The highest BCUT2D eigenvalue weighted by Gasteiger charge is 2.35. The number of ether oxygens (including phenoxy) is 1. The van der Waals surface area contributed by atoms with E-state index in [-0.39, 0.29) is 0 Å². The molecule has 0 amide bonds. The van der Waals surface area contributed by atoms with Crippen molar-refractivity contribution in [3.05, 3.63) is 83.4 Å². The Kier molecular flexibility index (Phi) is 2.94. The molecular formula is C19H14O3. The number of hydrogen-bond acceptors (Lipinski definition) is 3. The molecule has 0 saturated carbocycles. The van der Waals surface area contributed by atoms with Crippen LogP contribution in [0.25, 0.3) is 10.8 Å². The summed E-state index contributed by atoms with van der Waals surface area (Å²) in [6.07, 6.45) is -1.48. The van der Waals surface area contributed by atoms with Crippen LogP contribution in [0.4, 0.5) is 0 Å². The largest absolute Gasteiger partial charge is 0.451 e. The van der Waals surface area contributed by atoms with Crippen LogP contribution in [0.5, 0.6) is 0 Å². The Balaban J connectivity index is 1.73. The predicted molar refractivity (Wildman–Crippen MR) is 83.5 cm³/mol. The first-order valence-corrected chi connectivity index (χ1v) is 7.21. The van der Waals surface area contributed by atoms with E-state index < -0.39 is 18.2 Å². The van der Waals surface area contributed by atoms with Crippen LogP contribution in [0.15, 0.2) is 66.7 Å². The van der Waals surface area contributed by atoms with Crippen LogP contribution in [-0.4, -0.2) is 11.1 Å². The number of esters is 1. The van der Waals surface area contributed by atoms with Crippen LogP contribution < -0.4 is 0 Å². The number of aliphatic hydroxyl groups excluding tert-OH is 1. The summed E-state index contributed by atoms with van der Waals surface area (Å²) in [5, 5.41) is 12.6. The van der Waals surface area contributed by atoms with Gasteiger partial charge in [-0.05, 0) is 28.5 Å². The highest BCUT2D eigenvalue weighted by molar-refractivity contribution is 5.93. The lowest BCUT2D eigenvalue weighted by Crippen LogP contribution is -2.14. The van der Waals surface area contributed by atoms with E-state index in [1.54, 1.807) is 24.3 Å². The van der Waals surface area contributed by atoms with Crippen LogP contribution in [-0.2, 0) is 4.74 Å². The van der Waals surface area contributed by atoms with Crippen molar-refractivity contribution >= 4 is 16.7 Å². The lowest BCUT2D eigenvalue weighted by molar-refractivity contribution is -0.0161. The quantitative estimate of drug-likeness (QED) is 0.730. The number of aliphatic hydroxyl groups is 1. The Morgan fingerprint density at radius 3 is 2.27 bits per heavy atom. The normalized spacial score (nSPS) is 19.3. The molecule has 0 fully saturated rings. The molecule has 0 radical (unpaired) electrons. The summed E-state index contributed by atoms with van der Waals surface area (Å²) in [7, 11) is 0. The molecule has 3 aromatic rings. The fraction of sp³-hybridized carbons (Fsp3) is 0.105. The standard InChI is InChI=1S/C19H14O3/c20-17-14-10-4-8-12-9-5-11-15(16(12)14)18(17)22-19(21)13-6-2-1-3-7-13/h1-11,17-18,20H/t17-,18-/m1/s1. The van der Waals surface area contributed by atoms with Gasteiger partial charge in [0.15, 0.2) is 6.10 Å². The average molecular weight is 290 g/mol. The molecule has 3 nitrogen and oxygen atoms in total. The monoisotopic (exact) mass is 290 g/mol. The predicted octanol–water partition coefficient (Wildman–Crippen LogP) is 3.78. The van der Waals surface area contributed by atoms with Gasteiger partial charge in [0.2, 0.25) is 0 Å². The van der Waals surface area contributed by atoms with Crippen molar-refractivity contribution in [1.82, 2.24) is 0 Å². The van der Waals surface area contributed by atoms with Gasteiger partial charge in [0.25, 0.3) is 0 Å². The summed E-state index contributed by atoms with van der Waals surface area (Å²) < 4.78 is 5.59. The molecule has 1 aliphatic rings. The number of carbonyl (C=O) groups is 1. The van der Waals surface area contributed by atoms with Crippen molar-refractivity contribution in [1.29, 1.82) is 0 Å². The van der Waals surface area contributed by atoms with Gasteiger partial charge < -0.3 is 9.84 Å². The third kappa shape index (κ3) is 1.90. The molecular weight excluding hydrogens is 276 g/mol. The SMILES string of the molecule is O=C(O[C@@H]1c2cccc3cccc(c23)[C@H]1O)c1ccccc1. The van der Waals surface area contributed by atoms with Gasteiger partial charge >= 0.3 is 5.97 Å². The number of benzene rings is 3. The van der Waals surface area contributed by atoms with E-state index in [1.807, 2.05) is 42.5 Å². The first-order chi connectivity index (χ1) is 10.8. The Labute approximate surface area is 127 Å². The van der Waals surface area contributed by atoms with Gasteiger partial charge in [0, 0.05) is 5.56 Å². The van der Waals surface area contributed by atoms with Crippen molar-refractivity contribution in [3.63, 3.8) is 0 Å². The van der Waals surface area contributed by atoms with E-state index in [2.05, 4.69) is 0 Å². The smallest absolute Gasteiger partial charge is 0.338 e. The molecule has 3 aromatic carbocycles. The van der Waals surface area contributed by atoms with Gasteiger partial charge in [0.05, 0.1) is 5.56 Å². The second-order valence-electron chi connectivity index (χ2n) is 5.43. The molecule has 1 N–H and O–H groups in total. The maximum atomic E-state index is 12.3. The number of rotatable bonds is 2. The molecule has 0 aliphatic heterocycles. The summed E-state index contributed by atoms with van der Waals surface area (Å²) in [5.74, 6) is -0.422. The Morgan fingerprint density at radius 2 is 1.55 bits per heavy atom. The second-order valence-corrected chi connectivity index (χ2v) is 5.43. The topological polar surface area (TPSA) is 46.5 Å². The highest BCUT2D eigenvalue weighted by atomic mass is 16.6. The number of carbonyl (C=O) groups excluding carboxylic acids is 1. The van der Waals surface area contributed by atoms with Gasteiger partial charge in [0.1, 0.15) is 6.10 Å². The van der Waals surface area contributed by atoms with Crippen molar-refractivity contribution < 1.29 is 14.6 Å². The second kappa shape index (κ2) is 4.97. The maximum Gasteiger partial charge on any atom is 0.338 e. The van der Waals surface area contributed by atoms with E-state index in [9.17, 15) is 9.90 Å². The lowest BCUT2D eigenvalue weighted by Gasteiger charge is -2.17. The molecule has 0 heterocycles. The molecule has 0 saturated heterocycles. The molecule has 22 heavy (non-hydrogen) atoms. The van der Waals surface area contributed by atoms with Crippen molar-refractivity contribution in [2.45, 2.75) is 12.2 Å². The fourth-order valence-corrected chi connectivity index (χ4v) is 3.10. The zero-order valence-electron chi connectivity index (χ0n) is 11.8. The van der Waals surface area contributed by atoms with Gasteiger partial charge in [-0.2, -0.15) is 0 Å². The molecule has 3 heteroatoms. The highest BCUT2D eigenvalue weighted by Crippen LogP contribution is 2.46. The number of hydrogen-bond donors (Lipinski definition) is 1. The minimum Gasteiger partial charge on any atom is -0.451 e. The lowest BCUT2D eigenvalue weighted by atomic mass is 10.1. The summed E-state index contributed by atoms with van der Waals surface area (Å²) in [6, 6.07) is 20.4. The minimum atomic E-state index is -0.825. The van der Waals surface area contributed by atoms with E-state index in [4.69, 9.17) is 4.74 Å². The van der Waals surface area contributed by atoms with E-state index in [1.165, 1.54) is 0 Å². The van der Waals surface area contributed by atoms with Crippen LogP contribution in [0.1, 0.15) is 33.7 Å². The van der Waals surface area contributed by atoms with Crippen LogP contribution in [0, 0.1) is 0 Å². The van der Waals surface area contributed by atoms with E-state index in [0.717, 1.165) is 21.9 Å². The van der Waals surface area contributed by atoms with Gasteiger partial charge in [-0.25, -0.2) is 4.79 Å². The maximum absolute atomic E-state index is 12.3. The third-order valence-corrected chi connectivity index (χ3v) is 4.12. The molecule has 2 atom stereocenters. The summed E-state index contributed by atoms with van der Waals surface area (Å²) in [5.41, 5.74) is 2.17. The molecule has 0 aromatic heterocycles. The third-order valence-electron chi connectivity index (χ3n) is 4.12. The van der Waals surface area contributed by atoms with E-state index in [0.29, 0.717) is 5.56 Å². The molecule has 1 aliphatic carbocycles. The van der Waals surface area contributed by atoms with Gasteiger partial charge in [-0.15, -0.1) is 0 Å². The zero-order chi connectivity index (χ0) is 15.1. The van der Waals surface area contributed by atoms with Crippen molar-refractivity contribution in [2.24, 2.45) is 0 Å². The van der Waals surface area contributed by atoms with Crippen molar-refractivity contribution in [2.75, 3.05) is 0 Å². The summed E-state index contributed by atoms with van der Waals surface area (Å²) in [4.78, 5) is 12.3. The van der Waals surface area contributed by atoms with Crippen LogP contribution in [0.3, 0.4) is 0 Å². The minimum absolute atomic E-state index is 0.422. The molecule has 4 rings (SSSR count). The summed E-state index contributed by atoms with van der Waals surface area (Å²) in [6.45, 7) is 0. The molecule has 0 unspecified atom stereocenters. The first-order valence-electron chi connectivity index (χ1n) is 7.21. The molecule has 0 spiro atoms. The Bertz CT molecular complexity index is 850. The molecule has 108 valence electrons. The summed E-state index contributed by atoms with van der Waals surface area (Å²) >= 11 is 0. The van der Waals surface area contributed by atoms with Crippen LogP contribution in [0.2, 0.25) is 0 Å². The Morgan fingerprint density at radius 1 is 0.864 bits per heavy atom. The van der Waals surface area contributed by atoms with E-state index >= 15 is 0 Å². The first kappa shape index (κ1) is 13.0. The molecule has 0 bridgehead atoms. The zero-order valence-corrected chi connectivity index (χ0v) is 11.8. The van der Waals surface area contributed by atoms with Crippen molar-refractivity contribution in [3.8, 4) is 0 Å². The van der Waals surface area contributed by atoms with Gasteiger partial charge in [-0.3, -0.25) is 0 Å². The Hall–Kier alpha value is -2.65. The van der Waals surface area contributed by atoms with Gasteiger partial charge in [-0.1, -0.05) is 54.6 Å². The van der Waals surface area contributed by atoms with Crippen LogP contribution >= 0.6 is 0 Å².